The number of ether oxygens (including phenoxy) is 1. The SMILES string of the molecule is COc1ccc(C2CCC(N3Cc4[nH]c(=O)[nH]c(=O)c4C3)C2)cc1F. The Bertz CT molecular complexity index is 921. The second kappa shape index (κ2) is 6.15. The van der Waals surface area contributed by atoms with E-state index >= 15 is 0 Å². The number of hydrogen-bond donors (Lipinski definition) is 2. The highest BCUT2D eigenvalue weighted by atomic mass is 19.1. The van der Waals surface area contributed by atoms with E-state index in [9.17, 15) is 14.0 Å². The molecule has 1 aliphatic heterocycles. The van der Waals surface area contributed by atoms with Crippen molar-refractivity contribution in [1.82, 2.24) is 14.9 Å². The number of H-pyrrole nitrogens is 2. The lowest BCUT2D eigenvalue weighted by Gasteiger charge is -2.23. The fourth-order valence-electron chi connectivity index (χ4n) is 4.11. The molecule has 4 rings (SSSR count). The van der Waals surface area contributed by atoms with Crippen molar-refractivity contribution in [1.29, 1.82) is 0 Å². The van der Waals surface area contributed by atoms with E-state index in [1.807, 2.05) is 6.07 Å². The number of nitrogens with one attached hydrogen (secondary N) is 2. The molecule has 1 aromatic carbocycles. The van der Waals surface area contributed by atoms with Crippen molar-refractivity contribution in [2.24, 2.45) is 0 Å². The molecule has 0 radical (unpaired) electrons. The molecule has 132 valence electrons. The topological polar surface area (TPSA) is 78.2 Å². The average Bonchev–Trinajstić information content (AvgIpc) is 3.21. The van der Waals surface area contributed by atoms with Gasteiger partial charge in [-0.2, -0.15) is 0 Å². The molecule has 0 amide bonds. The van der Waals surface area contributed by atoms with E-state index in [-0.39, 0.29) is 17.1 Å². The van der Waals surface area contributed by atoms with Gasteiger partial charge in [0.15, 0.2) is 11.6 Å². The summed E-state index contributed by atoms with van der Waals surface area (Å²) < 4.78 is 18.9. The Morgan fingerprint density at radius 1 is 1.20 bits per heavy atom. The Morgan fingerprint density at radius 2 is 2.04 bits per heavy atom. The van der Waals surface area contributed by atoms with Crippen LogP contribution < -0.4 is 16.0 Å². The second-order valence-corrected chi connectivity index (χ2v) is 6.83. The molecule has 1 fully saturated rings. The van der Waals surface area contributed by atoms with E-state index in [0.29, 0.717) is 36.3 Å². The summed E-state index contributed by atoms with van der Waals surface area (Å²) >= 11 is 0. The van der Waals surface area contributed by atoms with Crippen molar-refractivity contribution in [3.8, 4) is 5.75 Å². The quantitative estimate of drug-likeness (QED) is 0.890. The summed E-state index contributed by atoms with van der Waals surface area (Å²) in [7, 11) is 1.46. The number of aromatic amines is 2. The van der Waals surface area contributed by atoms with Crippen LogP contribution in [0.15, 0.2) is 27.8 Å². The molecule has 0 spiro atoms. The van der Waals surface area contributed by atoms with Gasteiger partial charge in [0.2, 0.25) is 0 Å². The van der Waals surface area contributed by atoms with Crippen LogP contribution >= 0.6 is 0 Å². The van der Waals surface area contributed by atoms with Gasteiger partial charge in [0, 0.05) is 24.8 Å². The summed E-state index contributed by atoms with van der Waals surface area (Å²) in [5, 5.41) is 0. The third-order valence-electron chi connectivity index (χ3n) is 5.42. The Labute approximate surface area is 143 Å². The van der Waals surface area contributed by atoms with Gasteiger partial charge in [-0.05, 0) is 42.9 Å². The maximum atomic E-state index is 14.0. The van der Waals surface area contributed by atoms with Crippen molar-refractivity contribution in [2.75, 3.05) is 7.11 Å². The molecule has 0 bridgehead atoms. The van der Waals surface area contributed by atoms with Gasteiger partial charge in [0.1, 0.15) is 0 Å². The normalized spacial score (nSPS) is 23.0. The maximum Gasteiger partial charge on any atom is 0.325 e. The van der Waals surface area contributed by atoms with E-state index in [1.165, 1.54) is 7.11 Å². The minimum Gasteiger partial charge on any atom is -0.494 e. The van der Waals surface area contributed by atoms with Gasteiger partial charge >= 0.3 is 5.69 Å². The van der Waals surface area contributed by atoms with Gasteiger partial charge in [-0.1, -0.05) is 6.07 Å². The van der Waals surface area contributed by atoms with Gasteiger partial charge < -0.3 is 9.72 Å². The Kier molecular flexibility index (Phi) is 3.95. The first-order valence-corrected chi connectivity index (χ1v) is 8.47. The van der Waals surface area contributed by atoms with Crippen LogP contribution in [-0.4, -0.2) is 28.0 Å². The predicted molar refractivity (Wildman–Crippen MR) is 90.3 cm³/mol. The Hall–Kier alpha value is -2.41. The van der Waals surface area contributed by atoms with Crippen LogP contribution in [0.25, 0.3) is 0 Å². The summed E-state index contributed by atoms with van der Waals surface area (Å²) in [6.45, 7) is 1.14. The first kappa shape index (κ1) is 16.1. The molecule has 1 aromatic heterocycles. The van der Waals surface area contributed by atoms with Crippen LogP contribution in [0.3, 0.4) is 0 Å². The van der Waals surface area contributed by atoms with Crippen LogP contribution in [0, 0.1) is 5.82 Å². The molecule has 2 aliphatic rings. The van der Waals surface area contributed by atoms with Crippen LogP contribution in [-0.2, 0) is 13.1 Å². The van der Waals surface area contributed by atoms with Crippen LogP contribution in [0.4, 0.5) is 4.39 Å². The van der Waals surface area contributed by atoms with Crippen molar-refractivity contribution < 1.29 is 9.13 Å². The zero-order chi connectivity index (χ0) is 17.6. The van der Waals surface area contributed by atoms with E-state index < -0.39 is 5.69 Å². The molecule has 0 saturated heterocycles. The number of rotatable bonds is 3. The summed E-state index contributed by atoms with van der Waals surface area (Å²) in [6.07, 6.45) is 2.90. The lowest BCUT2D eigenvalue weighted by molar-refractivity contribution is 0.199. The van der Waals surface area contributed by atoms with Crippen molar-refractivity contribution in [3.05, 3.63) is 61.7 Å². The molecule has 2 aromatic rings. The van der Waals surface area contributed by atoms with Gasteiger partial charge in [-0.15, -0.1) is 0 Å². The van der Waals surface area contributed by atoms with E-state index in [0.717, 1.165) is 24.8 Å². The number of benzene rings is 1. The molecule has 6 nitrogen and oxygen atoms in total. The van der Waals surface area contributed by atoms with E-state index in [1.54, 1.807) is 12.1 Å². The van der Waals surface area contributed by atoms with Gasteiger partial charge in [0.05, 0.1) is 12.7 Å². The van der Waals surface area contributed by atoms with Crippen LogP contribution in [0.1, 0.15) is 42.0 Å². The van der Waals surface area contributed by atoms with Crippen molar-refractivity contribution in [2.45, 2.75) is 44.3 Å². The number of nitrogens with zero attached hydrogens (tertiary/aromatic N) is 1. The number of methoxy groups -OCH3 is 1. The summed E-state index contributed by atoms with van der Waals surface area (Å²) in [4.78, 5) is 30.6. The van der Waals surface area contributed by atoms with Crippen molar-refractivity contribution >= 4 is 0 Å². The second-order valence-electron chi connectivity index (χ2n) is 6.83. The molecule has 2 atom stereocenters. The lowest BCUT2D eigenvalue weighted by atomic mass is 9.97. The van der Waals surface area contributed by atoms with E-state index in [2.05, 4.69) is 14.9 Å². The van der Waals surface area contributed by atoms with Crippen molar-refractivity contribution in [3.63, 3.8) is 0 Å². The Morgan fingerprint density at radius 3 is 2.80 bits per heavy atom. The molecule has 1 saturated carbocycles. The highest BCUT2D eigenvalue weighted by Gasteiger charge is 2.34. The fourth-order valence-corrected chi connectivity index (χ4v) is 4.11. The molecule has 7 heteroatoms. The maximum absolute atomic E-state index is 14.0. The van der Waals surface area contributed by atoms with Gasteiger partial charge in [0.25, 0.3) is 5.56 Å². The molecule has 2 N–H and O–H groups in total. The summed E-state index contributed by atoms with van der Waals surface area (Å²) in [6, 6.07) is 5.49. The first-order chi connectivity index (χ1) is 12.0. The zero-order valence-electron chi connectivity index (χ0n) is 14.0. The molecule has 2 heterocycles. The molecule has 1 aliphatic carbocycles. The highest BCUT2D eigenvalue weighted by Crippen LogP contribution is 2.39. The summed E-state index contributed by atoms with van der Waals surface area (Å²) in [5.41, 5.74) is 1.60. The molecule has 25 heavy (non-hydrogen) atoms. The van der Waals surface area contributed by atoms with Crippen LogP contribution in [0.5, 0.6) is 5.75 Å². The van der Waals surface area contributed by atoms with Gasteiger partial charge in [-0.3, -0.25) is 14.7 Å². The number of fused-ring (bicyclic) bond motifs is 1. The van der Waals surface area contributed by atoms with Gasteiger partial charge in [-0.25, -0.2) is 9.18 Å². The standard InChI is InChI=1S/C18H20FN3O3/c1-25-16-5-3-11(7-14(16)19)10-2-4-12(6-10)22-8-13-15(9-22)20-18(24)21-17(13)23/h3,5,7,10,12H,2,4,6,8-9H2,1H3,(H2,20,21,23,24). The third kappa shape index (κ3) is 2.89. The largest absolute Gasteiger partial charge is 0.494 e. The zero-order valence-corrected chi connectivity index (χ0v) is 14.0. The lowest BCUT2D eigenvalue weighted by Crippen LogP contribution is -2.29. The smallest absolute Gasteiger partial charge is 0.325 e. The molecule has 2 unspecified atom stereocenters. The number of halogens is 1. The average molecular weight is 345 g/mol. The third-order valence-corrected chi connectivity index (χ3v) is 5.42. The molecular formula is C18H20FN3O3. The summed E-state index contributed by atoms with van der Waals surface area (Å²) in [5.74, 6) is 0.226. The predicted octanol–water partition coefficient (Wildman–Crippen LogP) is 1.86. The monoisotopic (exact) mass is 345 g/mol. The molecular weight excluding hydrogens is 325 g/mol. The highest BCUT2D eigenvalue weighted by molar-refractivity contribution is 5.32. The van der Waals surface area contributed by atoms with E-state index in [4.69, 9.17) is 4.74 Å². The minimum absolute atomic E-state index is 0.261. The minimum atomic E-state index is -0.455. The fraction of sp³-hybridized carbons (Fsp3) is 0.444. The number of hydrogen-bond acceptors (Lipinski definition) is 4. The first-order valence-electron chi connectivity index (χ1n) is 8.47. The van der Waals surface area contributed by atoms with Crippen LogP contribution in [0.2, 0.25) is 0 Å². The Balaban J connectivity index is 1.49. The number of aromatic nitrogens is 2.